The summed E-state index contributed by atoms with van der Waals surface area (Å²) in [5.74, 6) is 9.86. The van der Waals surface area contributed by atoms with Gasteiger partial charge in [-0.05, 0) is 115 Å². The Morgan fingerprint density at radius 2 is 1.41 bits per heavy atom. The van der Waals surface area contributed by atoms with Crippen LogP contribution >= 0.6 is 0 Å². The number of hydrogen-bond donors (Lipinski definition) is 0. The quantitative estimate of drug-likeness (QED) is 0.275. The summed E-state index contributed by atoms with van der Waals surface area (Å²) in [6.07, 6.45) is 12.6. The smallest absolute Gasteiger partial charge is 0.191 e. The van der Waals surface area contributed by atoms with Crippen LogP contribution in [-0.4, -0.2) is 14.9 Å². The summed E-state index contributed by atoms with van der Waals surface area (Å²) >= 11 is 0. The Balaban J connectivity index is 0.904. The first-order chi connectivity index (χ1) is 15.2. The van der Waals surface area contributed by atoms with Crippen molar-refractivity contribution in [3.05, 3.63) is 48.0 Å². The van der Waals surface area contributed by atoms with Gasteiger partial charge in [0.2, 0.25) is 0 Å². The van der Waals surface area contributed by atoms with Crippen LogP contribution in [-0.2, 0) is 4.43 Å². The predicted molar refractivity (Wildman–Crippen MR) is 136 cm³/mol. The lowest BCUT2D eigenvalue weighted by Gasteiger charge is -2.36. The van der Waals surface area contributed by atoms with Crippen LogP contribution in [0.2, 0.25) is 18.1 Å². The van der Waals surface area contributed by atoms with Crippen molar-refractivity contribution in [2.45, 2.75) is 76.9 Å². The fourth-order valence-electron chi connectivity index (χ4n) is 6.71. The van der Waals surface area contributed by atoms with Crippen LogP contribution in [0.1, 0.15) is 64.4 Å². The Labute approximate surface area is 197 Å². The van der Waals surface area contributed by atoms with E-state index in [-0.39, 0.29) is 0 Å². The summed E-state index contributed by atoms with van der Waals surface area (Å²) in [5, 5.41) is 0.345. The molecule has 5 fully saturated rings. The van der Waals surface area contributed by atoms with Gasteiger partial charge in [-0.2, -0.15) is 0 Å². The predicted octanol–water partition coefficient (Wildman–Crippen LogP) is 7.91. The lowest BCUT2D eigenvalue weighted by molar-refractivity contribution is 0.261. The van der Waals surface area contributed by atoms with E-state index in [4.69, 9.17) is 4.43 Å². The van der Waals surface area contributed by atoms with Crippen LogP contribution in [0, 0.1) is 53.3 Å². The van der Waals surface area contributed by atoms with Crippen molar-refractivity contribution in [2.75, 3.05) is 6.61 Å². The minimum Gasteiger partial charge on any atom is -0.417 e. The van der Waals surface area contributed by atoms with Gasteiger partial charge in [-0.3, -0.25) is 0 Å². The molecule has 5 aliphatic rings. The van der Waals surface area contributed by atoms with Crippen LogP contribution in [0.15, 0.2) is 42.5 Å². The molecule has 32 heavy (non-hydrogen) atoms. The highest BCUT2D eigenvalue weighted by atomic mass is 28.4. The minimum absolute atomic E-state index is 0.345. The van der Waals surface area contributed by atoms with Crippen LogP contribution in [0.3, 0.4) is 0 Å². The molecule has 0 aliphatic heterocycles. The van der Waals surface area contributed by atoms with E-state index in [0.29, 0.717) is 5.04 Å². The molecule has 2 heteroatoms. The Morgan fingerprint density at radius 1 is 0.781 bits per heavy atom. The van der Waals surface area contributed by atoms with Gasteiger partial charge in [0.05, 0.1) is 0 Å². The molecule has 0 bridgehead atoms. The molecule has 5 aliphatic carbocycles. The maximum atomic E-state index is 6.54. The lowest BCUT2D eigenvalue weighted by atomic mass is 10.1. The average Bonchev–Trinajstić information content (AvgIpc) is 3.56. The first-order valence-corrected chi connectivity index (χ1v) is 16.5. The molecule has 1 aromatic rings. The highest BCUT2D eigenvalue weighted by molar-refractivity contribution is 6.74. The molecule has 0 amide bonds. The van der Waals surface area contributed by atoms with E-state index in [2.05, 4.69) is 76.3 Å². The molecule has 0 heterocycles. The zero-order valence-electron chi connectivity index (χ0n) is 21.0. The molecular formula is C30H44OSi. The third-order valence-electron chi connectivity index (χ3n) is 10.4. The molecule has 5 saturated carbocycles. The summed E-state index contributed by atoms with van der Waals surface area (Å²) in [4.78, 5) is 0. The SMILES string of the molecule is CC(C)(C)[Si](C)(C)OC[C@@H]1C[C@H]1[C@@H]1C[C@@H]1[C@H]1C[C@@H]1[C@@H]1C[C@H]1/C=C/[C@@H]1C[C@H]1c1ccccc1. The molecule has 1 nitrogen and oxygen atoms in total. The van der Waals surface area contributed by atoms with Gasteiger partial charge in [-0.1, -0.05) is 63.3 Å². The van der Waals surface area contributed by atoms with Crippen LogP contribution in [0.4, 0.5) is 0 Å². The Bertz CT molecular complexity index is 867. The van der Waals surface area contributed by atoms with Crippen molar-refractivity contribution in [2.24, 2.45) is 53.3 Å². The third-order valence-corrected chi connectivity index (χ3v) is 14.9. The molecule has 0 aromatic heterocycles. The fraction of sp³-hybridized carbons (Fsp3) is 0.733. The second kappa shape index (κ2) is 7.57. The second-order valence-corrected chi connectivity index (χ2v) is 18.5. The maximum Gasteiger partial charge on any atom is 0.191 e. The van der Waals surface area contributed by atoms with Crippen molar-refractivity contribution in [3.63, 3.8) is 0 Å². The van der Waals surface area contributed by atoms with E-state index >= 15 is 0 Å². The zero-order chi connectivity index (χ0) is 22.3. The van der Waals surface area contributed by atoms with E-state index in [1.807, 2.05) is 0 Å². The van der Waals surface area contributed by atoms with Gasteiger partial charge in [0.15, 0.2) is 8.32 Å². The van der Waals surface area contributed by atoms with E-state index in [9.17, 15) is 0 Å². The first kappa shape index (κ1) is 21.7. The van der Waals surface area contributed by atoms with Crippen molar-refractivity contribution in [1.29, 1.82) is 0 Å². The fourth-order valence-corrected chi connectivity index (χ4v) is 7.77. The van der Waals surface area contributed by atoms with E-state index in [0.717, 1.165) is 65.8 Å². The maximum absolute atomic E-state index is 6.54. The largest absolute Gasteiger partial charge is 0.417 e. The normalized spacial score (nSPS) is 44.5. The van der Waals surface area contributed by atoms with Gasteiger partial charge in [0.1, 0.15) is 0 Å². The first-order valence-electron chi connectivity index (χ1n) is 13.6. The molecule has 0 spiro atoms. The number of hydrogen-bond acceptors (Lipinski definition) is 1. The molecule has 0 saturated heterocycles. The molecule has 0 unspecified atom stereocenters. The second-order valence-electron chi connectivity index (χ2n) is 13.7. The van der Waals surface area contributed by atoms with Gasteiger partial charge < -0.3 is 4.43 Å². The van der Waals surface area contributed by atoms with Crippen LogP contribution in [0.5, 0.6) is 0 Å². The molecule has 174 valence electrons. The van der Waals surface area contributed by atoms with E-state index in [1.54, 1.807) is 18.4 Å². The van der Waals surface area contributed by atoms with Crippen molar-refractivity contribution >= 4 is 8.32 Å². The molecule has 1 aromatic carbocycles. The molecule has 6 rings (SSSR count). The third kappa shape index (κ3) is 4.31. The van der Waals surface area contributed by atoms with Gasteiger partial charge in [-0.15, -0.1) is 0 Å². The lowest BCUT2D eigenvalue weighted by Crippen LogP contribution is -2.41. The van der Waals surface area contributed by atoms with Gasteiger partial charge >= 0.3 is 0 Å². The van der Waals surface area contributed by atoms with Gasteiger partial charge in [0.25, 0.3) is 0 Å². The van der Waals surface area contributed by atoms with Crippen LogP contribution in [0.25, 0.3) is 0 Å². The van der Waals surface area contributed by atoms with Crippen molar-refractivity contribution in [1.82, 2.24) is 0 Å². The van der Waals surface area contributed by atoms with Crippen molar-refractivity contribution < 1.29 is 4.43 Å². The summed E-state index contributed by atoms with van der Waals surface area (Å²) in [6.45, 7) is 13.0. The highest BCUT2D eigenvalue weighted by Gasteiger charge is 2.63. The molecule has 0 N–H and O–H groups in total. The van der Waals surface area contributed by atoms with Crippen LogP contribution < -0.4 is 0 Å². The Morgan fingerprint density at radius 3 is 2.09 bits per heavy atom. The Kier molecular flexibility index (Phi) is 5.12. The number of rotatable bonds is 9. The van der Waals surface area contributed by atoms with Gasteiger partial charge in [0, 0.05) is 6.61 Å². The van der Waals surface area contributed by atoms with E-state index < -0.39 is 8.32 Å². The highest BCUT2D eigenvalue weighted by Crippen LogP contribution is 2.70. The topological polar surface area (TPSA) is 9.23 Å². The minimum atomic E-state index is -1.57. The number of benzene rings is 1. The zero-order valence-corrected chi connectivity index (χ0v) is 22.0. The van der Waals surface area contributed by atoms with Crippen molar-refractivity contribution in [3.8, 4) is 0 Å². The average molecular weight is 449 g/mol. The summed E-state index contributed by atoms with van der Waals surface area (Å²) in [6, 6.07) is 11.1. The van der Waals surface area contributed by atoms with Gasteiger partial charge in [-0.25, -0.2) is 0 Å². The molecule has 10 atom stereocenters. The monoisotopic (exact) mass is 448 g/mol. The molecular weight excluding hydrogens is 404 g/mol. The molecule has 0 radical (unpaired) electrons. The summed E-state index contributed by atoms with van der Waals surface area (Å²) < 4.78 is 6.54. The summed E-state index contributed by atoms with van der Waals surface area (Å²) in [5.41, 5.74) is 1.55. The number of allylic oxidation sites excluding steroid dienone is 2. The summed E-state index contributed by atoms with van der Waals surface area (Å²) in [7, 11) is -1.57. The Hall–Kier alpha value is -0.863. The van der Waals surface area contributed by atoms with E-state index in [1.165, 1.54) is 19.3 Å². The standard InChI is InChI=1S/C30H44OSi/c1-30(2,3)32(4,5)31-18-22-15-25(22)27-17-29(27)28-16-26(28)24-14-21(24)12-11-20-13-23(20)19-9-7-6-8-10-19/h6-12,20-29H,13-18H2,1-5H3/b12-11+/t20-,21-,22+,23+,24-,25-,26-,27+,28+,29+/m1/s1.